The Balaban J connectivity index is 2.07. The van der Waals surface area contributed by atoms with Gasteiger partial charge in [0.15, 0.2) is 18.1 Å². The van der Waals surface area contributed by atoms with E-state index in [9.17, 15) is 24.3 Å². The smallest absolute Gasteiger partial charge is 0.330 e. The van der Waals surface area contributed by atoms with Gasteiger partial charge in [-0.15, -0.1) is 0 Å². The number of aliphatic hydroxyl groups excluding tert-OH is 1. The number of ketones is 1. The molecule has 0 aromatic heterocycles. The molecule has 46 heavy (non-hydrogen) atoms. The van der Waals surface area contributed by atoms with Crippen molar-refractivity contribution >= 4 is 23.6 Å². The van der Waals surface area contributed by atoms with Crippen LogP contribution in [0.1, 0.15) is 76.3 Å². The number of methoxy groups -OCH3 is 2. The minimum Gasteiger partial charge on any atom is -0.493 e. The van der Waals surface area contributed by atoms with E-state index >= 15 is 0 Å². The maximum Gasteiger partial charge on any atom is 0.330 e. The number of carboxylic acids is 1. The minimum atomic E-state index is -1.70. The monoisotopic (exact) mass is 640 g/mol. The quantitative estimate of drug-likeness (QED) is 0.171. The number of carbonyl (C=O) groups excluding carboxylic acids is 3. The number of hydrogen-bond acceptors (Lipinski definition) is 8. The normalized spacial score (nSPS) is 17.1. The topological polar surface area (TPSA) is 152 Å². The van der Waals surface area contributed by atoms with E-state index in [1.807, 2.05) is 19.1 Å². The summed E-state index contributed by atoms with van der Waals surface area (Å²) in [5.74, 6) is -2.18. The fraction of sp³-hybridized carbons (Fsp3) is 0.543. The van der Waals surface area contributed by atoms with Crippen molar-refractivity contribution in [1.29, 1.82) is 0 Å². The summed E-state index contributed by atoms with van der Waals surface area (Å²) in [7, 11) is 3.09. The number of Topliss-reactive ketones (excluding diaryl/α,β-unsaturated/α-hetero) is 1. The number of aliphatic hydroxyl groups is 1. The van der Waals surface area contributed by atoms with Gasteiger partial charge < -0.3 is 34.6 Å². The van der Waals surface area contributed by atoms with Crippen LogP contribution in [-0.4, -0.2) is 84.7 Å². The number of piperidine rings is 1. The van der Waals surface area contributed by atoms with Crippen LogP contribution in [0.3, 0.4) is 0 Å². The molecule has 0 aliphatic carbocycles. The second-order valence-electron chi connectivity index (χ2n) is 12.3. The van der Waals surface area contributed by atoms with Gasteiger partial charge in [-0.1, -0.05) is 39.0 Å². The predicted octanol–water partition coefficient (Wildman–Crippen LogP) is 4.14. The summed E-state index contributed by atoms with van der Waals surface area (Å²) in [6, 6.07) is 12.4. The first-order valence-corrected chi connectivity index (χ1v) is 15.9. The Kier molecular flexibility index (Phi) is 13.0. The lowest BCUT2D eigenvalue weighted by Crippen LogP contribution is -2.64. The fourth-order valence-corrected chi connectivity index (χ4v) is 5.94. The van der Waals surface area contributed by atoms with Crippen molar-refractivity contribution in [3.8, 4) is 17.2 Å². The van der Waals surface area contributed by atoms with Crippen LogP contribution in [-0.2, 0) is 25.6 Å². The molecule has 3 N–H and O–H groups in total. The van der Waals surface area contributed by atoms with Gasteiger partial charge in [0.05, 0.1) is 14.2 Å². The van der Waals surface area contributed by atoms with E-state index in [2.05, 4.69) is 5.32 Å². The number of benzene rings is 2. The molecule has 2 aromatic carbocycles. The lowest BCUT2D eigenvalue weighted by molar-refractivity contribution is -0.168. The minimum absolute atomic E-state index is 0.0414. The summed E-state index contributed by atoms with van der Waals surface area (Å²) in [4.78, 5) is 54.5. The zero-order chi connectivity index (χ0) is 33.9. The molecule has 11 heteroatoms. The van der Waals surface area contributed by atoms with Crippen molar-refractivity contribution in [3.63, 3.8) is 0 Å². The third-order valence-electron chi connectivity index (χ3n) is 9.01. The van der Waals surface area contributed by atoms with Gasteiger partial charge >= 0.3 is 5.97 Å². The maximum absolute atomic E-state index is 13.9. The van der Waals surface area contributed by atoms with Gasteiger partial charge in [-0.05, 0) is 80.3 Å². The fourth-order valence-electron chi connectivity index (χ4n) is 5.94. The molecule has 252 valence electrons. The number of aryl methyl sites for hydroxylation is 1. The van der Waals surface area contributed by atoms with Crippen LogP contribution >= 0.6 is 0 Å². The molecule has 1 saturated heterocycles. The van der Waals surface area contributed by atoms with Crippen LogP contribution in [0.25, 0.3) is 0 Å². The van der Waals surface area contributed by atoms with E-state index in [1.54, 1.807) is 58.4 Å². The highest BCUT2D eigenvalue weighted by Crippen LogP contribution is 2.45. The van der Waals surface area contributed by atoms with E-state index in [0.717, 1.165) is 5.56 Å². The lowest BCUT2D eigenvalue weighted by atomic mass is 9.69. The summed E-state index contributed by atoms with van der Waals surface area (Å²) in [5.41, 5.74) is -1.15. The van der Waals surface area contributed by atoms with Gasteiger partial charge in [-0.3, -0.25) is 14.4 Å². The van der Waals surface area contributed by atoms with Crippen LogP contribution in [0.4, 0.5) is 0 Å². The zero-order valence-corrected chi connectivity index (χ0v) is 27.6. The number of nitrogens with one attached hydrogen (secondary N) is 1. The van der Waals surface area contributed by atoms with Crippen molar-refractivity contribution in [2.45, 2.75) is 77.2 Å². The average molecular weight is 641 g/mol. The summed E-state index contributed by atoms with van der Waals surface area (Å²) < 4.78 is 16.6. The molecular formula is C35H48N2O9. The Morgan fingerprint density at radius 2 is 1.78 bits per heavy atom. The van der Waals surface area contributed by atoms with Crippen molar-refractivity contribution in [1.82, 2.24) is 10.2 Å². The Labute approximate surface area is 271 Å². The van der Waals surface area contributed by atoms with Crippen molar-refractivity contribution in [3.05, 3.63) is 53.6 Å². The molecule has 1 aliphatic heterocycles. The van der Waals surface area contributed by atoms with E-state index in [0.29, 0.717) is 67.9 Å². The molecule has 0 radical (unpaired) electrons. The molecule has 0 bridgehead atoms. The molecule has 2 amide bonds. The van der Waals surface area contributed by atoms with E-state index in [4.69, 9.17) is 19.3 Å². The molecule has 0 spiro atoms. The van der Waals surface area contributed by atoms with E-state index in [1.165, 1.54) is 4.90 Å². The first kappa shape index (κ1) is 36.3. The number of carbonyl (C=O) groups is 4. The van der Waals surface area contributed by atoms with Crippen molar-refractivity contribution in [2.75, 3.05) is 40.5 Å². The number of likely N-dealkylation sites (tertiary alicyclic amines) is 1. The first-order valence-electron chi connectivity index (χ1n) is 15.9. The number of carboxylic acid groups (broad SMARTS) is 1. The SMILES string of the molecule is CCC(C)(C)C(=O)C(=O)N1CCCCC1(C(=O)O)[C@H](CCc1ccc(OC)c(OC)c1)c1cccc(OCC(=O)NCCCO)c1. The molecule has 2 aromatic rings. The summed E-state index contributed by atoms with van der Waals surface area (Å²) in [6.45, 7) is 5.39. The molecule has 1 fully saturated rings. The highest BCUT2D eigenvalue weighted by atomic mass is 16.5. The first-order chi connectivity index (χ1) is 21.9. The summed E-state index contributed by atoms with van der Waals surface area (Å²) in [5, 5.41) is 22.7. The second kappa shape index (κ2) is 16.4. The Morgan fingerprint density at radius 3 is 2.43 bits per heavy atom. The van der Waals surface area contributed by atoms with Crippen LogP contribution in [0.5, 0.6) is 17.2 Å². The van der Waals surface area contributed by atoms with Gasteiger partial charge in [0, 0.05) is 31.0 Å². The summed E-state index contributed by atoms with van der Waals surface area (Å²) in [6.07, 6.45) is 2.93. The molecule has 0 saturated carbocycles. The Bertz CT molecular complexity index is 1380. The predicted molar refractivity (Wildman–Crippen MR) is 172 cm³/mol. The number of hydrogen-bond donors (Lipinski definition) is 3. The molecule has 3 rings (SSSR count). The van der Waals surface area contributed by atoms with Crippen molar-refractivity contribution in [2.24, 2.45) is 5.41 Å². The molecule has 1 aliphatic rings. The number of nitrogens with zero attached hydrogens (tertiary/aromatic N) is 1. The molecule has 1 heterocycles. The molecule has 11 nitrogen and oxygen atoms in total. The van der Waals surface area contributed by atoms with Gasteiger partial charge in [0.1, 0.15) is 11.3 Å². The molecule has 2 atom stereocenters. The van der Waals surface area contributed by atoms with Gasteiger partial charge in [-0.2, -0.15) is 0 Å². The Morgan fingerprint density at radius 1 is 1.04 bits per heavy atom. The van der Waals surface area contributed by atoms with Gasteiger partial charge in [0.25, 0.3) is 11.8 Å². The Hall–Kier alpha value is -4.12. The third-order valence-corrected chi connectivity index (χ3v) is 9.01. The summed E-state index contributed by atoms with van der Waals surface area (Å²) >= 11 is 0. The highest BCUT2D eigenvalue weighted by molar-refractivity contribution is 6.38. The molecule has 1 unspecified atom stereocenters. The van der Waals surface area contributed by atoms with Crippen LogP contribution < -0.4 is 19.5 Å². The van der Waals surface area contributed by atoms with Crippen LogP contribution in [0.2, 0.25) is 0 Å². The van der Waals surface area contributed by atoms with Crippen LogP contribution in [0.15, 0.2) is 42.5 Å². The molecular weight excluding hydrogens is 592 g/mol. The number of rotatable bonds is 17. The third kappa shape index (κ3) is 8.37. The van der Waals surface area contributed by atoms with Gasteiger partial charge in [0.2, 0.25) is 5.78 Å². The number of aliphatic carboxylic acids is 1. The number of ether oxygens (including phenoxy) is 3. The largest absolute Gasteiger partial charge is 0.493 e. The maximum atomic E-state index is 13.9. The lowest BCUT2D eigenvalue weighted by Gasteiger charge is -2.49. The number of amides is 2. The average Bonchev–Trinajstić information content (AvgIpc) is 3.06. The van der Waals surface area contributed by atoms with E-state index in [-0.39, 0.29) is 32.1 Å². The second-order valence-corrected chi connectivity index (χ2v) is 12.3. The van der Waals surface area contributed by atoms with Crippen LogP contribution in [0, 0.1) is 5.41 Å². The zero-order valence-electron chi connectivity index (χ0n) is 27.6. The van der Waals surface area contributed by atoms with E-state index < -0.39 is 34.5 Å². The standard InChI is InChI=1S/C35H48N2O9/c1-6-34(2,3)31(40)32(41)37-19-8-7-17-35(37,33(42)43)27(15-13-24-14-16-28(44-4)29(21-24)45-5)25-11-9-12-26(22-25)46-23-30(39)36-18-10-20-38/h9,11-12,14,16,21-22,27,38H,6-8,10,13,15,17-20,23H2,1-5H3,(H,36,39)(H,42,43)/t27-,35?/m1/s1. The van der Waals surface area contributed by atoms with Crippen molar-refractivity contribution < 1.29 is 43.6 Å². The van der Waals surface area contributed by atoms with Gasteiger partial charge in [-0.25, -0.2) is 4.79 Å². The highest BCUT2D eigenvalue weighted by Gasteiger charge is 2.55.